The van der Waals surface area contributed by atoms with Crippen molar-refractivity contribution in [2.45, 2.75) is 23.5 Å². The van der Waals surface area contributed by atoms with E-state index < -0.39 is 0 Å². The van der Waals surface area contributed by atoms with Crippen molar-refractivity contribution in [3.63, 3.8) is 0 Å². The largest absolute Gasteiger partial charge is 0.383 e. The molecule has 0 aromatic rings. The summed E-state index contributed by atoms with van der Waals surface area (Å²) in [5.74, 6) is 1.31. The van der Waals surface area contributed by atoms with Crippen LogP contribution in [0.15, 0.2) is 0 Å². The third kappa shape index (κ3) is 4.21. The van der Waals surface area contributed by atoms with Gasteiger partial charge in [0.05, 0.1) is 17.2 Å². The fraction of sp³-hybridized carbons (Fsp3) is 0.900. The Bertz CT molecular complexity index is 210. The van der Waals surface area contributed by atoms with Gasteiger partial charge < -0.3 is 9.64 Å². The predicted molar refractivity (Wildman–Crippen MR) is 64.6 cm³/mol. The number of rotatable bonds is 5. The Morgan fingerprint density at radius 3 is 3.00 bits per heavy atom. The second-order valence-electron chi connectivity index (χ2n) is 3.77. The molecule has 2 atom stereocenters. The summed E-state index contributed by atoms with van der Waals surface area (Å²) < 4.78 is 4.93. The molecule has 1 aliphatic rings. The smallest absolute Gasteiger partial charge is 0.235 e. The second kappa shape index (κ2) is 6.61. The minimum atomic E-state index is -0.115. The molecule has 88 valence electrons. The van der Waals surface area contributed by atoms with Crippen molar-refractivity contribution in [1.29, 1.82) is 0 Å². The maximum Gasteiger partial charge on any atom is 0.235 e. The zero-order valence-electron chi connectivity index (χ0n) is 9.24. The average molecular weight is 252 g/mol. The van der Waals surface area contributed by atoms with Crippen LogP contribution in [-0.2, 0) is 9.53 Å². The minimum Gasteiger partial charge on any atom is -0.383 e. The van der Waals surface area contributed by atoms with E-state index in [9.17, 15) is 4.79 Å². The normalized spacial score (nSPS) is 22.7. The molecule has 0 spiro atoms. The molecule has 15 heavy (non-hydrogen) atoms. The molecule has 2 unspecified atom stereocenters. The van der Waals surface area contributed by atoms with E-state index in [-0.39, 0.29) is 16.5 Å². The van der Waals surface area contributed by atoms with Crippen LogP contribution in [-0.4, -0.2) is 54.5 Å². The van der Waals surface area contributed by atoms with Crippen LogP contribution in [0, 0.1) is 0 Å². The average Bonchev–Trinajstić information content (AvgIpc) is 2.69. The van der Waals surface area contributed by atoms with Crippen molar-refractivity contribution in [2.75, 3.05) is 33.1 Å². The maximum absolute atomic E-state index is 11.9. The number of ether oxygens (including phenoxy) is 1. The number of carbonyl (C=O) groups is 1. The Kier molecular flexibility index (Phi) is 5.79. The van der Waals surface area contributed by atoms with Gasteiger partial charge in [0.15, 0.2) is 0 Å². The monoisotopic (exact) mass is 251 g/mol. The van der Waals surface area contributed by atoms with E-state index in [2.05, 4.69) is 0 Å². The molecule has 1 aliphatic heterocycles. The van der Waals surface area contributed by atoms with Crippen LogP contribution in [0.5, 0.6) is 0 Å². The van der Waals surface area contributed by atoms with E-state index in [1.165, 1.54) is 0 Å². The van der Waals surface area contributed by atoms with Gasteiger partial charge in [-0.2, -0.15) is 0 Å². The summed E-state index contributed by atoms with van der Waals surface area (Å²) in [6, 6.07) is 0. The van der Waals surface area contributed by atoms with Gasteiger partial charge in [0, 0.05) is 20.7 Å². The van der Waals surface area contributed by atoms with Gasteiger partial charge in [0.25, 0.3) is 0 Å². The van der Waals surface area contributed by atoms with Crippen molar-refractivity contribution in [2.24, 2.45) is 0 Å². The fourth-order valence-corrected chi connectivity index (χ4v) is 3.25. The lowest BCUT2D eigenvalue weighted by atomic mass is 10.2. The highest BCUT2D eigenvalue weighted by molar-refractivity contribution is 8.00. The van der Waals surface area contributed by atoms with Crippen LogP contribution in [0.3, 0.4) is 0 Å². The molecule has 1 heterocycles. The molecule has 0 radical (unpaired) electrons. The number of halogens is 1. The number of thioether (sulfide) groups is 1. The standard InChI is InChI=1S/C10H18ClNO2S/c1-12(6-8(11)7-14-2)10(13)9-4-3-5-15-9/h8-9H,3-7H2,1-2H3. The summed E-state index contributed by atoms with van der Waals surface area (Å²) in [6.45, 7) is 1.04. The Labute approximate surface area is 100 Å². The summed E-state index contributed by atoms with van der Waals surface area (Å²) in [5.41, 5.74) is 0. The van der Waals surface area contributed by atoms with Crippen molar-refractivity contribution in [1.82, 2.24) is 4.90 Å². The first-order chi connectivity index (χ1) is 7.15. The zero-order chi connectivity index (χ0) is 11.3. The highest BCUT2D eigenvalue weighted by Gasteiger charge is 2.26. The SMILES string of the molecule is COCC(Cl)CN(C)C(=O)C1CCCS1. The Hall–Kier alpha value is 0.0700. The van der Waals surface area contributed by atoms with Crippen LogP contribution in [0.1, 0.15) is 12.8 Å². The van der Waals surface area contributed by atoms with Crippen LogP contribution in [0.2, 0.25) is 0 Å². The molecule has 1 rings (SSSR count). The molecule has 0 aliphatic carbocycles. The number of amides is 1. The molecule has 0 aromatic heterocycles. The van der Waals surface area contributed by atoms with E-state index in [0.717, 1.165) is 18.6 Å². The Morgan fingerprint density at radius 1 is 1.73 bits per heavy atom. The highest BCUT2D eigenvalue weighted by atomic mass is 35.5. The number of methoxy groups -OCH3 is 1. The molecule has 0 N–H and O–H groups in total. The first kappa shape index (κ1) is 13.1. The van der Waals surface area contributed by atoms with Crippen molar-refractivity contribution in [3.8, 4) is 0 Å². The first-order valence-electron chi connectivity index (χ1n) is 5.14. The molecule has 0 aromatic carbocycles. The number of nitrogens with zero attached hydrogens (tertiary/aromatic N) is 1. The molecule has 1 amide bonds. The zero-order valence-corrected chi connectivity index (χ0v) is 10.8. The predicted octanol–water partition coefficient (Wildman–Crippen LogP) is 1.59. The number of alkyl halides is 1. The summed E-state index contributed by atoms with van der Waals surface area (Å²) in [6.07, 6.45) is 2.16. The van der Waals surface area contributed by atoms with Crippen LogP contribution < -0.4 is 0 Å². The molecular weight excluding hydrogens is 234 g/mol. The van der Waals surface area contributed by atoms with Crippen LogP contribution >= 0.6 is 23.4 Å². The van der Waals surface area contributed by atoms with E-state index in [0.29, 0.717) is 13.2 Å². The Morgan fingerprint density at radius 2 is 2.47 bits per heavy atom. The quantitative estimate of drug-likeness (QED) is 0.695. The molecular formula is C10H18ClNO2S. The molecule has 1 saturated heterocycles. The molecule has 3 nitrogen and oxygen atoms in total. The van der Waals surface area contributed by atoms with Gasteiger partial charge in [-0.05, 0) is 18.6 Å². The van der Waals surface area contributed by atoms with Gasteiger partial charge in [-0.1, -0.05) is 0 Å². The third-order valence-corrected chi connectivity index (χ3v) is 4.03. The lowest BCUT2D eigenvalue weighted by Gasteiger charge is -2.22. The first-order valence-corrected chi connectivity index (χ1v) is 6.63. The van der Waals surface area contributed by atoms with Crippen molar-refractivity contribution in [3.05, 3.63) is 0 Å². The van der Waals surface area contributed by atoms with Gasteiger partial charge in [-0.3, -0.25) is 4.79 Å². The van der Waals surface area contributed by atoms with Crippen molar-refractivity contribution >= 4 is 29.3 Å². The summed E-state index contributed by atoms with van der Waals surface area (Å²) >= 11 is 7.75. The van der Waals surface area contributed by atoms with Crippen LogP contribution in [0.25, 0.3) is 0 Å². The van der Waals surface area contributed by atoms with Crippen molar-refractivity contribution < 1.29 is 9.53 Å². The number of hydrogen-bond acceptors (Lipinski definition) is 3. The van der Waals surface area contributed by atoms with E-state index in [4.69, 9.17) is 16.3 Å². The molecule has 0 saturated carbocycles. The van der Waals surface area contributed by atoms with Gasteiger partial charge in [-0.15, -0.1) is 23.4 Å². The van der Waals surface area contributed by atoms with E-state index >= 15 is 0 Å². The molecule has 1 fully saturated rings. The lowest BCUT2D eigenvalue weighted by Crippen LogP contribution is -2.38. The maximum atomic E-state index is 11.9. The number of hydrogen-bond donors (Lipinski definition) is 0. The highest BCUT2D eigenvalue weighted by Crippen LogP contribution is 2.27. The lowest BCUT2D eigenvalue weighted by molar-refractivity contribution is -0.129. The summed E-state index contributed by atoms with van der Waals surface area (Å²) in [7, 11) is 3.43. The molecule has 0 bridgehead atoms. The summed E-state index contributed by atoms with van der Waals surface area (Å²) in [4.78, 5) is 13.6. The van der Waals surface area contributed by atoms with Gasteiger partial charge in [0.1, 0.15) is 0 Å². The topological polar surface area (TPSA) is 29.5 Å². The summed E-state index contributed by atoms with van der Waals surface area (Å²) in [5, 5.41) is 0.0387. The van der Waals surface area contributed by atoms with Crippen LogP contribution in [0.4, 0.5) is 0 Å². The Balaban J connectivity index is 2.31. The van der Waals surface area contributed by atoms with E-state index in [1.54, 1.807) is 23.8 Å². The van der Waals surface area contributed by atoms with Gasteiger partial charge in [0.2, 0.25) is 5.91 Å². The second-order valence-corrected chi connectivity index (χ2v) is 5.70. The fourth-order valence-electron chi connectivity index (χ4n) is 1.64. The van der Waals surface area contributed by atoms with E-state index in [1.807, 2.05) is 7.05 Å². The van der Waals surface area contributed by atoms with Gasteiger partial charge in [-0.25, -0.2) is 0 Å². The third-order valence-electron chi connectivity index (χ3n) is 2.40. The molecule has 5 heteroatoms. The minimum absolute atomic E-state index is 0.115. The number of carbonyl (C=O) groups excluding carboxylic acids is 1. The van der Waals surface area contributed by atoms with Gasteiger partial charge >= 0.3 is 0 Å².